The Morgan fingerprint density at radius 3 is 2.49 bits per heavy atom. The van der Waals surface area contributed by atoms with Gasteiger partial charge in [-0.05, 0) is 80.6 Å². The number of ether oxygens (including phenoxy) is 1. The zero-order chi connectivity index (χ0) is 28.4. The lowest BCUT2D eigenvalue weighted by Gasteiger charge is -2.33. The Hall–Kier alpha value is -3.82. The molecule has 2 fully saturated rings. The van der Waals surface area contributed by atoms with E-state index in [1.54, 1.807) is 17.0 Å². The molecule has 0 radical (unpaired) electrons. The summed E-state index contributed by atoms with van der Waals surface area (Å²) in [5.41, 5.74) is 3.46. The number of anilines is 1. The van der Waals surface area contributed by atoms with E-state index in [9.17, 15) is 9.59 Å². The second-order valence-electron chi connectivity index (χ2n) is 11.1. The van der Waals surface area contributed by atoms with Crippen LogP contribution in [0, 0.1) is 5.92 Å². The molecule has 4 heterocycles. The number of likely N-dealkylation sites (tertiary alicyclic amines) is 1. The van der Waals surface area contributed by atoms with Gasteiger partial charge in [-0.15, -0.1) is 0 Å². The van der Waals surface area contributed by atoms with Gasteiger partial charge >= 0.3 is 6.09 Å². The summed E-state index contributed by atoms with van der Waals surface area (Å²) < 4.78 is 5.49. The van der Waals surface area contributed by atoms with Crippen LogP contribution in [0.5, 0.6) is 5.88 Å². The quantitative estimate of drug-likeness (QED) is 0.408. The number of aromatic nitrogens is 2. The van der Waals surface area contributed by atoms with Gasteiger partial charge < -0.3 is 15.0 Å². The number of rotatable bonds is 9. The van der Waals surface area contributed by atoms with Crippen LogP contribution in [0.25, 0.3) is 0 Å². The highest BCUT2D eigenvalue weighted by Gasteiger charge is 2.23. The molecular weight excluding hydrogens is 516 g/mol. The molecule has 1 unspecified atom stereocenters. The second kappa shape index (κ2) is 14.2. The van der Waals surface area contributed by atoms with E-state index in [4.69, 9.17) is 4.74 Å². The maximum absolute atomic E-state index is 12.7. The molecule has 3 aromatic rings. The minimum Gasteiger partial charge on any atom is -0.391 e. The molecular formula is C32H40N6O3. The van der Waals surface area contributed by atoms with Crippen LogP contribution < -0.4 is 10.1 Å². The predicted octanol–water partition coefficient (Wildman–Crippen LogP) is 4.71. The van der Waals surface area contributed by atoms with Crippen LogP contribution >= 0.6 is 0 Å². The summed E-state index contributed by atoms with van der Waals surface area (Å²) in [6.07, 6.45) is 7.48. The van der Waals surface area contributed by atoms with Crippen molar-refractivity contribution in [2.45, 2.75) is 39.2 Å². The number of nitrogens with one attached hydrogen (secondary N) is 1. The van der Waals surface area contributed by atoms with E-state index in [1.807, 2.05) is 42.6 Å². The molecule has 1 N–H and O–H groups in total. The van der Waals surface area contributed by atoms with E-state index < -0.39 is 6.09 Å². The zero-order valence-electron chi connectivity index (χ0n) is 23.9. The summed E-state index contributed by atoms with van der Waals surface area (Å²) in [6.45, 7) is 9.33. The first-order valence-corrected chi connectivity index (χ1v) is 14.7. The Labute approximate surface area is 242 Å². The third kappa shape index (κ3) is 8.58. The molecule has 1 atom stereocenters. The van der Waals surface area contributed by atoms with Gasteiger partial charge in [0.1, 0.15) is 0 Å². The Bertz CT molecular complexity index is 1260. The highest BCUT2D eigenvalue weighted by Crippen LogP contribution is 2.19. The van der Waals surface area contributed by atoms with Crippen LogP contribution in [-0.2, 0) is 13.0 Å². The van der Waals surface area contributed by atoms with Gasteiger partial charge in [-0.3, -0.25) is 19.6 Å². The number of hydrogen-bond acceptors (Lipinski definition) is 7. The van der Waals surface area contributed by atoms with E-state index in [0.29, 0.717) is 24.3 Å². The van der Waals surface area contributed by atoms with E-state index in [0.717, 1.165) is 63.7 Å². The largest absolute Gasteiger partial charge is 0.416 e. The zero-order valence-corrected chi connectivity index (χ0v) is 23.9. The first kappa shape index (κ1) is 28.7. The summed E-state index contributed by atoms with van der Waals surface area (Å²) >= 11 is 0. The summed E-state index contributed by atoms with van der Waals surface area (Å²) in [5, 5.41) is 2.87. The van der Waals surface area contributed by atoms with Crippen molar-refractivity contribution in [3.05, 3.63) is 83.8 Å². The van der Waals surface area contributed by atoms with Crippen LogP contribution in [0.4, 0.5) is 10.5 Å². The number of piperazine rings is 1. The van der Waals surface area contributed by atoms with Crippen LogP contribution in [-0.4, -0.2) is 82.5 Å². The molecule has 0 aliphatic carbocycles. The molecule has 9 heteroatoms. The molecule has 2 aliphatic rings. The van der Waals surface area contributed by atoms with Crippen LogP contribution in [0.2, 0.25) is 0 Å². The number of carbonyl (C=O) groups is 2. The van der Waals surface area contributed by atoms with Gasteiger partial charge in [-0.1, -0.05) is 25.1 Å². The number of benzene rings is 1. The van der Waals surface area contributed by atoms with Crippen LogP contribution in [0.3, 0.4) is 0 Å². The topological polar surface area (TPSA) is 90.9 Å². The smallest absolute Gasteiger partial charge is 0.391 e. The second-order valence-corrected chi connectivity index (χ2v) is 11.1. The molecule has 9 nitrogen and oxygen atoms in total. The van der Waals surface area contributed by atoms with Gasteiger partial charge in [-0.25, -0.2) is 9.78 Å². The van der Waals surface area contributed by atoms with Crippen molar-refractivity contribution in [3.8, 4) is 5.88 Å². The molecule has 2 amide bonds. The van der Waals surface area contributed by atoms with Crippen molar-refractivity contribution >= 4 is 17.7 Å². The fourth-order valence-corrected chi connectivity index (χ4v) is 5.51. The Morgan fingerprint density at radius 2 is 1.78 bits per heavy atom. The van der Waals surface area contributed by atoms with Gasteiger partial charge in [0.15, 0.2) is 0 Å². The Morgan fingerprint density at radius 1 is 0.951 bits per heavy atom. The van der Waals surface area contributed by atoms with E-state index >= 15 is 0 Å². The molecule has 41 heavy (non-hydrogen) atoms. The SMILES string of the molecule is CC1CCCN(Cc2ccc(C(=O)Nc3ccc(OC(=O)N4CCN(CCCc5ccccn5)CC4)nc3)cc2)C1. The summed E-state index contributed by atoms with van der Waals surface area (Å²) in [7, 11) is 0. The molecule has 0 saturated carbocycles. The minimum atomic E-state index is -0.401. The van der Waals surface area contributed by atoms with Crippen molar-refractivity contribution in [2.75, 3.05) is 51.1 Å². The van der Waals surface area contributed by atoms with Crippen molar-refractivity contribution < 1.29 is 14.3 Å². The highest BCUT2D eigenvalue weighted by atomic mass is 16.6. The molecule has 2 saturated heterocycles. The minimum absolute atomic E-state index is 0.201. The summed E-state index contributed by atoms with van der Waals surface area (Å²) in [5.74, 6) is 0.751. The Balaban J connectivity index is 1.02. The first-order chi connectivity index (χ1) is 20.0. The number of piperidine rings is 1. The average molecular weight is 557 g/mol. The predicted molar refractivity (Wildman–Crippen MR) is 159 cm³/mol. The lowest BCUT2D eigenvalue weighted by atomic mass is 9.99. The van der Waals surface area contributed by atoms with Crippen LogP contribution in [0.15, 0.2) is 67.0 Å². The summed E-state index contributed by atoms with van der Waals surface area (Å²) in [6, 6.07) is 17.1. The highest BCUT2D eigenvalue weighted by molar-refractivity contribution is 6.04. The van der Waals surface area contributed by atoms with Crippen LogP contribution in [0.1, 0.15) is 47.8 Å². The summed E-state index contributed by atoms with van der Waals surface area (Å²) in [4.78, 5) is 40.6. The van der Waals surface area contributed by atoms with Crippen molar-refractivity contribution in [2.24, 2.45) is 5.92 Å². The molecule has 2 aliphatic heterocycles. The number of amides is 2. The van der Waals surface area contributed by atoms with Gasteiger partial charge in [-0.2, -0.15) is 0 Å². The molecule has 216 valence electrons. The van der Waals surface area contributed by atoms with E-state index in [1.165, 1.54) is 24.6 Å². The third-order valence-corrected chi connectivity index (χ3v) is 7.81. The van der Waals surface area contributed by atoms with Crippen molar-refractivity contribution in [1.82, 2.24) is 24.7 Å². The number of aryl methyl sites for hydroxylation is 1. The lowest BCUT2D eigenvalue weighted by Crippen LogP contribution is -2.49. The van der Waals surface area contributed by atoms with E-state index in [-0.39, 0.29) is 11.8 Å². The van der Waals surface area contributed by atoms with Crippen molar-refractivity contribution in [1.29, 1.82) is 0 Å². The molecule has 2 aromatic heterocycles. The number of pyridine rings is 2. The number of nitrogens with zero attached hydrogens (tertiary/aromatic N) is 5. The molecule has 5 rings (SSSR count). The molecule has 0 bridgehead atoms. The third-order valence-electron chi connectivity index (χ3n) is 7.81. The molecule has 1 aromatic carbocycles. The van der Waals surface area contributed by atoms with Crippen molar-refractivity contribution in [3.63, 3.8) is 0 Å². The fraction of sp³-hybridized carbons (Fsp3) is 0.438. The maximum Gasteiger partial charge on any atom is 0.416 e. The van der Waals surface area contributed by atoms with Gasteiger partial charge in [0.05, 0.1) is 11.9 Å². The fourth-order valence-electron chi connectivity index (χ4n) is 5.51. The van der Waals surface area contributed by atoms with E-state index in [2.05, 4.69) is 38.1 Å². The molecule has 0 spiro atoms. The van der Waals surface area contributed by atoms with Gasteiger partial charge in [0.25, 0.3) is 5.91 Å². The maximum atomic E-state index is 12.7. The van der Waals surface area contributed by atoms with Gasteiger partial charge in [0, 0.05) is 62.8 Å². The number of hydrogen-bond donors (Lipinski definition) is 1. The van der Waals surface area contributed by atoms with Gasteiger partial charge in [0.2, 0.25) is 5.88 Å². The lowest BCUT2D eigenvalue weighted by molar-refractivity contribution is 0.102. The first-order valence-electron chi connectivity index (χ1n) is 14.7. The normalized spacial score (nSPS) is 18.2. The average Bonchev–Trinajstić information content (AvgIpc) is 2.99. The standard InChI is InChI=1S/C32H40N6O3/c1-25-6-4-17-37(23-25)24-26-9-11-27(12-10-26)31(39)35-29-13-14-30(34-22-29)41-32(40)38-20-18-36(19-21-38)16-5-8-28-7-2-3-15-33-28/h2-3,7,9-15,22,25H,4-6,8,16-21,23-24H2,1H3,(H,35,39). The number of carbonyl (C=O) groups excluding carboxylic acids is 2. The Kier molecular flexibility index (Phi) is 9.93. The monoisotopic (exact) mass is 556 g/mol.